The summed E-state index contributed by atoms with van der Waals surface area (Å²) in [5.41, 5.74) is 2.25. The Morgan fingerprint density at radius 3 is 2.42 bits per heavy atom. The lowest BCUT2D eigenvalue weighted by Gasteiger charge is -2.20. The molecule has 0 aliphatic heterocycles. The fourth-order valence-electron chi connectivity index (χ4n) is 2.35. The number of amides is 1. The van der Waals surface area contributed by atoms with Crippen LogP contribution in [-0.2, 0) is 21.4 Å². The second-order valence-electron chi connectivity index (χ2n) is 5.91. The molecular weight excluding hydrogens is 420 g/mol. The van der Waals surface area contributed by atoms with E-state index in [0.29, 0.717) is 11.4 Å². The van der Waals surface area contributed by atoms with E-state index in [1.807, 2.05) is 37.3 Å². The van der Waals surface area contributed by atoms with Gasteiger partial charge in [0, 0.05) is 11.0 Å². The van der Waals surface area contributed by atoms with Crippen molar-refractivity contribution < 1.29 is 17.9 Å². The largest absolute Gasteiger partial charge is 0.495 e. The summed E-state index contributed by atoms with van der Waals surface area (Å²) in [5, 5.41) is 2.72. The average Bonchev–Trinajstić information content (AvgIpc) is 2.55. The number of aryl methyl sites for hydroxylation is 1. The van der Waals surface area contributed by atoms with Crippen molar-refractivity contribution in [2.75, 3.05) is 25.2 Å². The molecule has 0 aliphatic carbocycles. The normalized spacial score (nSPS) is 11.4. The number of carbonyl (C=O) groups excluding carboxylic acids is 1. The smallest absolute Gasteiger partial charge is 0.239 e. The summed E-state index contributed by atoms with van der Waals surface area (Å²) in [6, 6.07) is 12.7. The summed E-state index contributed by atoms with van der Waals surface area (Å²) in [5.74, 6) is 0.0826. The SMILES string of the molecule is COc1ccc(C)cc1NC(=O)CN(Cc1ccc(Br)cc1)S(C)(=O)=O. The second-order valence-corrected chi connectivity index (χ2v) is 8.81. The Morgan fingerprint density at radius 1 is 1.19 bits per heavy atom. The third-order valence-corrected chi connectivity index (χ3v) is 5.42. The molecule has 0 saturated heterocycles. The first-order chi connectivity index (χ1) is 12.2. The van der Waals surface area contributed by atoms with Gasteiger partial charge in [0.15, 0.2) is 0 Å². The van der Waals surface area contributed by atoms with Crippen molar-refractivity contribution in [3.05, 3.63) is 58.1 Å². The van der Waals surface area contributed by atoms with Gasteiger partial charge in [-0.05, 0) is 42.3 Å². The number of sulfonamides is 1. The van der Waals surface area contributed by atoms with Crippen molar-refractivity contribution >= 4 is 37.5 Å². The van der Waals surface area contributed by atoms with E-state index in [-0.39, 0.29) is 13.1 Å². The molecule has 0 fully saturated rings. The number of carbonyl (C=O) groups is 1. The zero-order valence-electron chi connectivity index (χ0n) is 14.8. The van der Waals surface area contributed by atoms with E-state index in [1.54, 1.807) is 12.1 Å². The van der Waals surface area contributed by atoms with Gasteiger partial charge in [0.1, 0.15) is 5.75 Å². The van der Waals surface area contributed by atoms with Crippen molar-refractivity contribution in [1.82, 2.24) is 4.31 Å². The van der Waals surface area contributed by atoms with Crippen LogP contribution in [0.5, 0.6) is 5.75 Å². The lowest BCUT2D eigenvalue weighted by molar-refractivity contribution is -0.116. The Hall–Kier alpha value is -1.90. The maximum Gasteiger partial charge on any atom is 0.239 e. The zero-order valence-corrected chi connectivity index (χ0v) is 17.2. The van der Waals surface area contributed by atoms with Gasteiger partial charge in [0.05, 0.1) is 25.6 Å². The fraction of sp³-hybridized carbons (Fsp3) is 0.278. The molecule has 2 rings (SSSR count). The molecule has 0 spiro atoms. The van der Waals surface area contributed by atoms with Gasteiger partial charge in [-0.2, -0.15) is 4.31 Å². The van der Waals surface area contributed by atoms with Crippen LogP contribution in [-0.4, -0.2) is 38.5 Å². The van der Waals surface area contributed by atoms with Crippen molar-refractivity contribution in [1.29, 1.82) is 0 Å². The topological polar surface area (TPSA) is 75.7 Å². The van der Waals surface area contributed by atoms with E-state index in [9.17, 15) is 13.2 Å². The van der Waals surface area contributed by atoms with Gasteiger partial charge in [-0.25, -0.2) is 8.42 Å². The summed E-state index contributed by atoms with van der Waals surface area (Å²) in [7, 11) is -2.04. The molecule has 0 radical (unpaired) electrons. The highest BCUT2D eigenvalue weighted by atomic mass is 79.9. The quantitative estimate of drug-likeness (QED) is 0.717. The number of nitrogens with zero attached hydrogens (tertiary/aromatic N) is 1. The third-order valence-electron chi connectivity index (χ3n) is 3.69. The molecule has 1 amide bonds. The van der Waals surface area contributed by atoms with Crippen LogP contribution in [0.1, 0.15) is 11.1 Å². The number of halogens is 1. The molecule has 0 saturated carbocycles. The molecule has 0 bridgehead atoms. The maximum atomic E-state index is 12.4. The van der Waals surface area contributed by atoms with E-state index in [4.69, 9.17) is 4.74 Å². The van der Waals surface area contributed by atoms with Crippen molar-refractivity contribution in [3.8, 4) is 5.75 Å². The molecule has 26 heavy (non-hydrogen) atoms. The van der Waals surface area contributed by atoms with E-state index >= 15 is 0 Å². The Kier molecular flexibility index (Phi) is 6.80. The van der Waals surface area contributed by atoms with Gasteiger partial charge < -0.3 is 10.1 Å². The van der Waals surface area contributed by atoms with Crippen LogP contribution in [0.25, 0.3) is 0 Å². The minimum absolute atomic E-state index is 0.116. The predicted octanol–water partition coefficient (Wildman–Crippen LogP) is 3.17. The van der Waals surface area contributed by atoms with Crippen LogP contribution >= 0.6 is 15.9 Å². The molecule has 6 nitrogen and oxygen atoms in total. The highest BCUT2D eigenvalue weighted by Gasteiger charge is 2.21. The minimum atomic E-state index is -3.55. The molecule has 2 aromatic rings. The highest BCUT2D eigenvalue weighted by Crippen LogP contribution is 2.25. The number of benzene rings is 2. The van der Waals surface area contributed by atoms with E-state index in [0.717, 1.165) is 26.2 Å². The monoisotopic (exact) mass is 440 g/mol. The zero-order chi connectivity index (χ0) is 19.3. The molecule has 140 valence electrons. The fourth-order valence-corrected chi connectivity index (χ4v) is 3.35. The molecule has 1 N–H and O–H groups in total. The summed E-state index contributed by atoms with van der Waals surface area (Å²) in [6.45, 7) is 1.72. The van der Waals surface area contributed by atoms with E-state index in [1.165, 1.54) is 7.11 Å². The highest BCUT2D eigenvalue weighted by molar-refractivity contribution is 9.10. The van der Waals surface area contributed by atoms with Crippen LogP contribution in [0.15, 0.2) is 46.9 Å². The van der Waals surface area contributed by atoms with Crippen molar-refractivity contribution in [2.24, 2.45) is 0 Å². The van der Waals surface area contributed by atoms with Crippen LogP contribution in [0.4, 0.5) is 5.69 Å². The number of hydrogen-bond donors (Lipinski definition) is 1. The summed E-state index contributed by atoms with van der Waals surface area (Å²) < 4.78 is 31.4. The molecule has 0 aromatic heterocycles. The maximum absolute atomic E-state index is 12.4. The molecular formula is C18H21BrN2O4S. The Labute approximate surface area is 162 Å². The van der Waals surface area contributed by atoms with E-state index in [2.05, 4.69) is 21.2 Å². The van der Waals surface area contributed by atoms with Gasteiger partial charge in [0.25, 0.3) is 0 Å². The van der Waals surface area contributed by atoms with Crippen LogP contribution < -0.4 is 10.1 Å². The molecule has 2 aromatic carbocycles. The summed E-state index contributed by atoms with van der Waals surface area (Å²) in [6.07, 6.45) is 1.09. The summed E-state index contributed by atoms with van der Waals surface area (Å²) in [4.78, 5) is 12.4. The minimum Gasteiger partial charge on any atom is -0.495 e. The van der Waals surface area contributed by atoms with Crippen LogP contribution in [0, 0.1) is 6.92 Å². The lowest BCUT2D eigenvalue weighted by Crippen LogP contribution is -2.36. The van der Waals surface area contributed by atoms with Crippen LogP contribution in [0.2, 0.25) is 0 Å². The summed E-state index contributed by atoms with van der Waals surface area (Å²) >= 11 is 3.34. The second kappa shape index (κ2) is 8.66. The van der Waals surface area contributed by atoms with Gasteiger partial charge in [-0.1, -0.05) is 34.1 Å². The predicted molar refractivity (Wildman–Crippen MR) is 106 cm³/mol. The first-order valence-electron chi connectivity index (χ1n) is 7.83. The van der Waals surface area contributed by atoms with Crippen LogP contribution in [0.3, 0.4) is 0 Å². The number of ether oxygens (including phenoxy) is 1. The number of hydrogen-bond acceptors (Lipinski definition) is 4. The first kappa shape index (κ1) is 20.4. The number of methoxy groups -OCH3 is 1. The van der Waals surface area contributed by atoms with Gasteiger partial charge in [-0.3, -0.25) is 4.79 Å². The van der Waals surface area contributed by atoms with Gasteiger partial charge in [0.2, 0.25) is 15.9 Å². The molecule has 0 unspecified atom stereocenters. The molecule has 0 atom stereocenters. The third kappa shape index (κ3) is 5.82. The Morgan fingerprint density at radius 2 is 1.85 bits per heavy atom. The standard InChI is InChI=1S/C18H21BrN2O4S/c1-13-4-9-17(25-2)16(10-13)20-18(22)12-21(26(3,23)24)11-14-5-7-15(19)8-6-14/h4-10H,11-12H2,1-3H3,(H,20,22). The number of rotatable bonds is 7. The Bertz CT molecular complexity index is 883. The molecule has 0 heterocycles. The van der Waals surface area contributed by atoms with E-state index < -0.39 is 15.9 Å². The van der Waals surface area contributed by atoms with Crippen molar-refractivity contribution in [2.45, 2.75) is 13.5 Å². The average molecular weight is 441 g/mol. The first-order valence-corrected chi connectivity index (χ1v) is 10.5. The molecule has 0 aliphatic rings. The number of anilines is 1. The van der Waals surface area contributed by atoms with Gasteiger partial charge >= 0.3 is 0 Å². The van der Waals surface area contributed by atoms with Gasteiger partial charge in [-0.15, -0.1) is 0 Å². The Balaban J connectivity index is 2.14. The lowest BCUT2D eigenvalue weighted by atomic mass is 10.2. The molecule has 8 heteroatoms. The van der Waals surface area contributed by atoms with Crippen molar-refractivity contribution in [3.63, 3.8) is 0 Å². The number of nitrogens with one attached hydrogen (secondary N) is 1.